The highest BCUT2D eigenvalue weighted by Gasteiger charge is 2.31. The first-order chi connectivity index (χ1) is 13.2. The molecule has 0 aromatic carbocycles. The Hall–Kier alpha value is -1.49. The number of ketones is 1. The van der Waals surface area contributed by atoms with Crippen LogP contribution >= 0.6 is 38.9 Å². The van der Waals surface area contributed by atoms with Crippen molar-refractivity contribution in [3.63, 3.8) is 0 Å². The second-order valence-electron chi connectivity index (χ2n) is 6.26. The number of hydrogen-bond acceptors (Lipinski definition) is 7. The minimum absolute atomic E-state index is 0.0000180. The third-order valence-corrected chi connectivity index (χ3v) is 8.00. The van der Waals surface area contributed by atoms with Gasteiger partial charge in [0.1, 0.15) is 5.15 Å². The van der Waals surface area contributed by atoms with Gasteiger partial charge in [-0.3, -0.25) is 4.79 Å². The molecule has 0 bridgehead atoms. The molecule has 7 nitrogen and oxygen atoms in total. The lowest BCUT2D eigenvalue weighted by molar-refractivity contribution is -0.136. The number of hydrogen-bond donors (Lipinski definition) is 0. The number of carbonyl (C=O) groups excluding carboxylic acids is 2. The molecule has 1 saturated heterocycles. The Morgan fingerprint density at radius 1 is 1.46 bits per heavy atom. The maximum absolute atomic E-state index is 12.0. The summed E-state index contributed by atoms with van der Waals surface area (Å²) < 4.78 is 30.6. The summed E-state index contributed by atoms with van der Waals surface area (Å²) in [6, 6.07) is 3.09. The zero-order valence-corrected chi connectivity index (χ0v) is 18.7. The average molecular weight is 508 g/mol. The third kappa shape index (κ3) is 4.91. The normalized spacial score (nSPS) is 18.6. The van der Waals surface area contributed by atoms with Gasteiger partial charge in [-0.15, -0.1) is 11.3 Å². The number of halogens is 2. The number of esters is 1. The van der Waals surface area contributed by atoms with E-state index in [1.54, 1.807) is 19.1 Å². The number of Topliss-reactive ketones (excluding diaryl/α,β-unsaturated/α-hetero) is 1. The number of thiophene rings is 1. The molecule has 1 aliphatic rings. The molecule has 28 heavy (non-hydrogen) atoms. The summed E-state index contributed by atoms with van der Waals surface area (Å²) >= 11 is 10.9. The van der Waals surface area contributed by atoms with Gasteiger partial charge in [0.15, 0.2) is 16.4 Å². The van der Waals surface area contributed by atoms with Crippen LogP contribution in [-0.2, 0) is 19.4 Å². The first-order valence-electron chi connectivity index (χ1n) is 8.24. The summed E-state index contributed by atoms with van der Waals surface area (Å²) in [5.74, 6) is -0.864. The molecule has 0 N–H and O–H groups in total. The van der Waals surface area contributed by atoms with Gasteiger partial charge in [-0.2, -0.15) is 5.10 Å². The molecule has 0 radical (unpaired) electrons. The van der Waals surface area contributed by atoms with E-state index in [-0.39, 0.29) is 35.1 Å². The monoisotopic (exact) mass is 506 g/mol. The van der Waals surface area contributed by atoms with Crippen molar-refractivity contribution in [2.45, 2.75) is 19.4 Å². The fourth-order valence-electron chi connectivity index (χ4n) is 2.80. The number of sulfone groups is 1. The molecule has 2 aromatic heterocycles. The van der Waals surface area contributed by atoms with Crippen LogP contribution in [0.4, 0.5) is 0 Å². The van der Waals surface area contributed by atoms with Gasteiger partial charge in [-0.25, -0.2) is 17.9 Å². The van der Waals surface area contributed by atoms with Crippen LogP contribution < -0.4 is 0 Å². The van der Waals surface area contributed by atoms with Gasteiger partial charge >= 0.3 is 5.97 Å². The molecule has 0 saturated carbocycles. The van der Waals surface area contributed by atoms with Gasteiger partial charge in [-0.05, 0) is 47.5 Å². The van der Waals surface area contributed by atoms with Crippen LogP contribution in [0.3, 0.4) is 0 Å². The summed E-state index contributed by atoms with van der Waals surface area (Å²) in [6.07, 6.45) is 3.08. The molecule has 3 rings (SSSR count). The maximum atomic E-state index is 12.0. The van der Waals surface area contributed by atoms with Crippen LogP contribution in [0.25, 0.3) is 6.08 Å². The standard InChI is InChI=1S/C17H16BrClN2O5S2/c1-10-12(17(19)21(20-10)11-6-7-28(24,25)9-11)2-5-16(23)26-8-13(22)14-3-4-15(18)27-14/h2-5,11H,6-9H2,1H3/b5-2+/t11-/m0/s1. The number of aryl methyl sites for hydroxylation is 1. The van der Waals surface area contributed by atoms with E-state index >= 15 is 0 Å². The maximum Gasteiger partial charge on any atom is 0.331 e. The Bertz CT molecular complexity index is 1060. The van der Waals surface area contributed by atoms with Gasteiger partial charge in [0.05, 0.1) is 31.9 Å². The molecule has 2 aromatic rings. The lowest BCUT2D eigenvalue weighted by Crippen LogP contribution is -2.12. The van der Waals surface area contributed by atoms with Crippen LogP contribution in [0, 0.1) is 6.92 Å². The van der Waals surface area contributed by atoms with Crippen molar-refractivity contribution in [2.75, 3.05) is 18.1 Å². The molecule has 1 fully saturated rings. The van der Waals surface area contributed by atoms with E-state index in [0.29, 0.717) is 22.6 Å². The Morgan fingerprint density at radius 3 is 2.82 bits per heavy atom. The summed E-state index contributed by atoms with van der Waals surface area (Å²) in [6.45, 7) is 1.36. The molecule has 150 valence electrons. The zero-order valence-electron chi connectivity index (χ0n) is 14.7. The Kier molecular flexibility index (Phi) is 6.43. The Balaban J connectivity index is 1.64. The predicted molar refractivity (Wildman–Crippen MR) is 111 cm³/mol. The van der Waals surface area contributed by atoms with Crippen molar-refractivity contribution in [1.82, 2.24) is 9.78 Å². The van der Waals surface area contributed by atoms with Crippen LogP contribution in [0.5, 0.6) is 0 Å². The number of aromatic nitrogens is 2. The highest BCUT2D eigenvalue weighted by atomic mass is 79.9. The van der Waals surface area contributed by atoms with Crippen LogP contribution in [0.2, 0.25) is 5.15 Å². The summed E-state index contributed by atoms with van der Waals surface area (Å²) in [7, 11) is -3.07. The third-order valence-electron chi connectivity index (χ3n) is 4.20. The fourth-order valence-corrected chi connectivity index (χ4v) is 6.18. The summed E-state index contributed by atoms with van der Waals surface area (Å²) in [4.78, 5) is 24.4. The first kappa shape index (κ1) is 21.2. The van der Waals surface area contributed by atoms with E-state index in [2.05, 4.69) is 21.0 Å². The van der Waals surface area contributed by atoms with Crippen molar-refractivity contribution >= 4 is 66.5 Å². The summed E-state index contributed by atoms with van der Waals surface area (Å²) in [5, 5.41) is 4.58. The van der Waals surface area contributed by atoms with E-state index in [1.165, 1.54) is 28.2 Å². The molecule has 1 aliphatic heterocycles. The van der Waals surface area contributed by atoms with Crippen molar-refractivity contribution in [1.29, 1.82) is 0 Å². The van der Waals surface area contributed by atoms with E-state index in [9.17, 15) is 18.0 Å². The van der Waals surface area contributed by atoms with Gasteiger partial charge in [0.2, 0.25) is 5.78 Å². The molecular weight excluding hydrogens is 492 g/mol. The van der Waals surface area contributed by atoms with Crippen LogP contribution in [-0.4, -0.2) is 48.1 Å². The summed E-state index contributed by atoms with van der Waals surface area (Å²) in [5.41, 5.74) is 1.08. The van der Waals surface area contributed by atoms with Crippen molar-refractivity contribution < 1.29 is 22.7 Å². The molecule has 11 heteroatoms. The molecule has 0 unspecified atom stereocenters. The zero-order chi connectivity index (χ0) is 20.5. The predicted octanol–water partition coefficient (Wildman–Crippen LogP) is 3.47. The highest BCUT2D eigenvalue weighted by Crippen LogP contribution is 2.30. The molecular formula is C17H16BrClN2O5S2. The van der Waals surface area contributed by atoms with Crippen molar-refractivity contribution in [3.05, 3.63) is 43.3 Å². The average Bonchev–Trinajstić information content (AvgIpc) is 3.29. The van der Waals surface area contributed by atoms with E-state index in [4.69, 9.17) is 16.3 Å². The minimum atomic E-state index is -3.07. The van der Waals surface area contributed by atoms with E-state index in [0.717, 1.165) is 3.79 Å². The van der Waals surface area contributed by atoms with Gasteiger partial charge in [-0.1, -0.05) is 11.6 Å². The number of carbonyl (C=O) groups is 2. The van der Waals surface area contributed by atoms with Gasteiger partial charge in [0.25, 0.3) is 0 Å². The van der Waals surface area contributed by atoms with E-state index < -0.39 is 15.8 Å². The first-order valence-corrected chi connectivity index (χ1v) is 12.1. The minimum Gasteiger partial charge on any atom is -0.454 e. The molecule has 1 atom stereocenters. The SMILES string of the molecule is Cc1nn([C@H]2CCS(=O)(=O)C2)c(Cl)c1/C=C/C(=O)OCC(=O)c1ccc(Br)s1. The van der Waals surface area contributed by atoms with Crippen LogP contribution in [0.1, 0.15) is 33.4 Å². The van der Waals surface area contributed by atoms with E-state index in [1.807, 2.05) is 0 Å². The van der Waals surface area contributed by atoms with Gasteiger partial charge < -0.3 is 4.74 Å². The lowest BCUT2D eigenvalue weighted by atomic mass is 10.2. The number of rotatable bonds is 6. The quantitative estimate of drug-likeness (QED) is 0.337. The molecule has 0 aliphatic carbocycles. The second-order valence-corrected chi connectivity index (χ2v) is 11.3. The molecule has 3 heterocycles. The molecule has 0 spiro atoms. The number of ether oxygens (including phenoxy) is 1. The fraction of sp³-hybridized carbons (Fsp3) is 0.353. The van der Waals surface area contributed by atoms with Gasteiger partial charge in [0, 0.05) is 11.6 Å². The van der Waals surface area contributed by atoms with Crippen molar-refractivity contribution in [2.24, 2.45) is 0 Å². The van der Waals surface area contributed by atoms with Crippen molar-refractivity contribution in [3.8, 4) is 0 Å². The highest BCUT2D eigenvalue weighted by molar-refractivity contribution is 9.11. The lowest BCUT2D eigenvalue weighted by Gasteiger charge is -2.09. The Labute approximate surface area is 179 Å². The largest absolute Gasteiger partial charge is 0.454 e. The van der Waals surface area contributed by atoms with Crippen LogP contribution in [0.15, 0.2) is 22.0 Å². The second kappa shape index (κ2) is 8.48. The number of nitrogens with zero attached hydrogens (tertiary/aromatic N) is 2. The molecule has 0 amide bonds. The Morgan fingerprint density at radius 2 is 2.21 bits per heavy atom. The smallest absolute Gasteiger partial charge is 0.331 e. The topological polar surface area (TPSA) is 95.3 Å².